The second kappa shape index (κ2) is 8.45. The number of aryl methyl sites for hydroxylation is 1. The summed E-state index contributed by atoms with van der Waals surface area (Å²) in [5.74, 6) is 0. The average molecular weight is 207 g/mol. The van der Waals surface area contributed by atoms with E-state index in [-0.39, 0.29) is 0 Å². The van der Waals surface area contributed by atoms with Crippen LogP contribution >= 0.6 is 0 Å². The van der Waals surface area contributed by atoms with E-state index in [0.29, 0.717) is 0 Å². The molecule has 0 saturated heterocycles. The summed E-state index contributed by atoms with van der Waals surface area (Å²) in [7, 11) is 0. The Bertz CT molecular complexity index is 236. The summed E-state index contributed by atoms with van der Waals surface area (Å²) in [6.45, 7) is 2.48. The minimum atomic E-state index is 0.771. The van der Waals surface area contributed by atoms with Crippen LogP contribution in [0.4, 0.5) is 0 Å². The second-order valence-electron chi connectivity index (χ2n) is 3.70. The molecule has 0 atom stereocenters. The summed E-state index contributed by atoms with van der Waals surface area (Å²) < 4.78 is 5.50. The Balaban J connectivity index is 1.93. The first kappa shape index (κ1) is 12.2. The quantitative estimate of drug-likeness (QED) is 0.664. The third kappa shape index (κ3) is 6.26. The largest absolute Gasteiger partial charge is 0.381 e. The molecule has 0 aliphatic heterocycles. The fourth-order valence-electron chi connectivity index (χ4n) is 1.47. The lowest BCUT2D eigenvalue weighted by molar-refractivity contribution is 0.128. The summed E-state index contributed by atoms with van der Waals surface area (Å²) in [5, 5.41) is 0. The Morgan fingerprint density at radius 2 is 1.67 bits per heavy atom. The molecular formula is C13H21NO. The maximum atomic E-state index is 5.50. The Labute approximate surface area is 92.4 Å². The van der Waals surface area contributed by atoms with Crippen molar-refractivity contribution >= 4 is 0 Å². The Morgan fingerprint density at radius 1 is 0.933 bits per heavy atom. The van der Waals surface area contributed by atoms with E-state index < -0.39 is 0 Å². The van der Waals surface area contributed by atoms with Gasteiger partial charge in [0.15, 0.2) is 0 Å². The highest BCUT2D eigenvalue weighted by molar-refractivity contribution is 5.14. The minimum absolute atomic E-state index is 0.771. The molecule has 0 amide bonds. The maximum absolute atomic E-state index is 5.50. The Kier molecular flexibility index (Phi) is 6.88. The first-order chi connectivity index (χ1) is 7.43. The smallest absolute Gasteiger partial charge is 0.0469 e. The van der Waals surface area contributed by atoms with E-state index in [9.17, 15) is 0 Å². The molecular weight excluding hydrogens is 186 g/mol. The zero-order valence-corrected chi connectivity index (χ0v) is 9.32. The SMILES string of the molecule is NCCCCOCCCc1ccccc1. The van der Waals surface area contributed by atoms with Crippen molar-refractivity contribution in [3.63, 3.8) is 0 Å². The van der Waals surface area contributed by atoms with E-state index in [4.69, 9.17) is 10.5 Å². The summed E-state index contributed by atoms with van der Waals surface area (Å²) in [6.07, 6.45) is 4.37. The van der Waals surface area contributed by atoms with Crippen molar-refractivity contribution in [3.05, 3.63) is 35.9 Å². The molecule has 2 N–H and O–H groups in total. The monoisotopic (exact) mass is 207 g/mol. The van der Waals surface area contributed by atoms with Gasteiger partial charge in [-0.25, -0.2) is 0 Å². The van der Waals surface area contributed by atoms with Gasteiger partial charge < -0.3 is 10.5 Å². The van der Waals surface area contributed by atoms with Crippen LogP contribution in [0.5, 0.6) is 0 Å². The molecule has 0 aliphatic rings. The van der Waals surface area contributed by atoms with E-state index in [2.05, 4.69) is 24.3 Å². The van der Waals surface area contributed by atoms with Crippen LogP contribution in [0.25, 0.3) is 0 Å². The van der Waals surface area contributed by atoms with Gasteiger partial charge in [0, 0.05) is 13.2 Å². The normalized spacial score (nSPS) is 10.5. The van der Waals surface area contributed by atoms with Gasteiger partial charge in [-0.05, 0) is 37.8 Å². The van der Waals surface area contributed by atoms with Crippen LogP contribution in [-0.4, -0.2) is 19.8 Å². The highest BCUT2D eigenvalue weighted by Gasteiger charge is 1.92. The van der Waals surface area contributed by atoms with Crippen LogP contribution in [0.15, 0.2) is 30.3 Å². The molecule has 0 radical (unpaired) electrons. The standard InChI is InChI=1S/C13H21NO/c14-10-4-5-11-15-12-6-9-13-7-2-1-3-8-13/h1-3,7-8H,4-6,9-12,14H2. The lowest BCUT2D eigenvalue weighted by Gasteiger charge is -2.03. The van der Waals surface area contributed by atoms with Crippen LogP contribution in [0.2, 0.25) is 0 Å². The third-order valence-electron chi connectivity index (χ3n) is 2.34. The molecule has 2 heteroatoms. The number of ether oxygens (including phenoxy) is 1. The predicted molar refractivity (Wildman–Crippen MR) is 63.9 cm³/mol. The predicted octanol–water partition coefficient (Wildman–Crippen LogP) is 2.37. The summed E-state index contributed by atoms with van der Waals surface area (Å²) in [4.78, 5) is 0. The molecule has 84 valence electrons. The zero-order valence-electron chi connectivity index (χ0n) is 9.32. The van der Waals surface area contributed by atoms with Gasteiger partial charge in [-0.1, -0.05) is 30.3 Å². The van der Waals surface area contributed by atoms with Gasteiger partial charge in [-0.3, -0.25) is 0 Å². The van der Waals surface area contributed by atoms with Crippen LogP contribution < -0.4 is 5.73 Å². The van der Waals surface area contributed by atoms with Crippen molar-refractivity contribution in [1.82, 2.24) is 0 Å². The molecule has 0 fully saturated rings. The van der Waals surface area contributed by atoms with Crippen LogP contribution in [0.1, 0.15) is 24.8 Å². The molecule has 0 spiro atoms. The summed E-state index contributed by atoms with van der Waals surface area (Å²) in [5.41, 5.74) is 6.78. The van der Waals surface area contributed by atoms with Crippen LogP contribution in [-0.2, 0) is 11.2 Å². The number of unbranched alkanes of at least 4 members (excludes halogenated alkanes) is 1. The fourth-order valence-corrected chi connectivity index (χ4v) is 1.47. The number of hydrogen-bond donors (Lipinski definition) is 1. The van der Waals surface area contributed by atoms with Gasteiger partial charge >= 0.3 is 0 Å². The van der Waals surface area contributed by atoms with E-state index >= 15 is 0 Å². The van der Waals surface area contributed by atoms with Gasteiger partial charge in [0.25, 0.3) is 0 Å². The van der Waals surface area contributed by atoms with Gasteiger partial charge in [-0.2, -0.15) is 0 Å². The van der Waals surface area contributed by atoms with Crippen molar-refractivity contribution in [3.8, 4) is 0 Å². The molecule has 0 saturated carbocycles. The van der Waals surface area contributed by atoms with E-state index in [1.165, 1.54) is 5.56 Å². The average Bonchev–Trinajstić information content (AvgIpc) is 2.29. The number of rotatable bonds is 8. The topological polar surface area (TPSA) is 35.2 Å². The molecule has 1 rings (SSSR count). The van der Waals surface area contributed by atoms with Crippen molar-refractivity contribution in [2.45, 2.75) is 25.7 Å². The molecule has 0 aromatic heterocycles. The Morgan fingerprint density at radius 3 is 2.40 bits per heavy atom. The van der Waals surface area contributed by atoms with Crippen molar-refractivity contribution in [2.75, 3.05) is 19.8 Å². The van der Waals surface area contributed by atoms with Crippen molar-refractivity contribution in [2.24, 2.45) is 5.73 Å². The molecule has 0 unspecified atom stereocenters. The Hall–Kier alpha value is -0.860. The highest BCUT2D eigenvalue weighted by Crippen LogP contribution is 2.02. The van der Waals surface area contributed by atoms with E-state index in [0.717, 1.165) is 45.4 Å². The lowest BCUT2D eigenvalue weighted by Crippen LogP contribution is -2.03. The maximum Gasteiger partial charge on any atom is 0.0469 e. The van der Waals surface area contributed by atoms with Crippen molar-refractivity contribution in [1.29, 1.82) is 0 Å². The fraction of sp³-hybridized carbons (Fsp3) is 0.538. The van der Waals surface area contributed by atoms with Crippen LogP contribution in [0.3, 0.4) is 0 Å². The van der Waals surface area contributed by atoms with E-state index in [1.54, 1.807) is 0 Å². The minimum Gasteiger partial charge on any atom is -0.381 e. The van der Waals surface area contributed by atoms with Gasteiger partial charge in [0.2, 0.25) is 0 Å². The summed E-state index contributed by atoms with van der Waals surface area (Å²) >= 11 is 0. The third-order valence-corrected chi connectivity index (χ3v) is 2.34. The molecule has 1 aromatic rings. The molecule has 2 nitrogen and oxygen atoms in total. The summed E-state index contributed by atoms with van der Waals surface area (Å²) in [6, 6.07) is 10.5. The van der Waals surface area contributed by atoms with Crippen LogP contribution in [0, 0.1) is 0 Å². The van der Waals surface area contributed by atoms with Gasteiger partial charge in [-0.15, -0.1) is 0 Å². The lowest BCUT2D eigenvalue weighted by atomic mass is 10.1. The van der Waals surface area contributed by atoms with Crippen molar-refractivity contribution < 1.29 is 4.74 Å². The second-order valence-corrected chi connectivity index (χ2v) is 3.70. The first-order valence-corrected chi connectivity index (χ1v) is 5.75. The molecule has 0 bridgehead atoms. The molecule has 1 aromatic carbocycles. The zero-order chi connectivity index (χ0) is 10.8. The highest BCUT2D eigenvalue weighted by atomic mass is 16.5. The number of hydrogen-bond acceptors (Lipinski definition) is 2. The van der Waals surface area contributed by atoms with Gasteiger partial charge in [0.1, 0.15) is 0 Å². The molecule has 0 aliphatic carbocycles. The molecule has 0 heterocycles. The first-order valence-electron chi connectivity index (χ1n) is 5.75. The molecule has 15 heavy (non-hydrogen) atoms. The van der Waals surface area contributed by atoms with Gasteiger partial charge in [0.05, 0.1) is 0 Å². The number of nitrogens with two attached hydrogens (primary N) is 1. The number of benzene rings is 1. The van der Waals surface area contributed by atoms with E-state index in [1.807, 2.05) is 6.07 Å².